The average Bonchev–Trinajstić information content (AvgIpc) is 2.67. The van der Waals surface area contributed by atoms with E-state index in [4.69, 9.17) is 9.47 Å². The number of allylic oxidation sites excluding steroid dienone is 2. The van der Waals surface area contributed by atoms with Gasteiger partial charge in [-0.1, -0.05) is 48.0 Å². The summed E-state index contributed by atoms with van der Waals surface area (Å²) in [7, 11) is 1.60. The summed E-state index contributed by atoms with van der Waals surface area (Å²) in [6.45, 7) is 4.01. The van der Waals surface area contributed by atoms with Gasteiger partial charge in [0.2, 0.25) is 0 Å². The van der Waals surface area contributed by atoms with E-state index < -0.39 is 11.9 Å². The molecule has 0 amide bonds. The Hall–Kier alpha value is -2.88. The van der Waals surface area contributed by atoms with Crippen molar-refractivity contribution in [3.63, 3.8) is 0 Å². The zero-order valence-electron chi connectivity index (χ0n) is 15.9. The van der Waals surface area contributed by atoms with E-state index in [2.05, 4.69) is 6.07 Å². The van der Waals surface area contributed by atoms with Crippen LogP contribution in [0.25, 0.3) is 5.57 Å². The zero-order chi connectivity index (χ0) is 19.4. The number of para-hydroxylation sites is 1. The van der Waals surface area contributed by atoms with Crippen LogP contribution in [0.3, 0.4) is 0 Å². The van der Waals surface area contributed by atoms with Crippen LogP contribution in [0.2, 0.25) is 0 Å². The molecule has 4 nitrogen and oxygen atoms in total. The Kier molecular flexibility index (Phi) is 5.75. The number of rotatable bonds is 5. The first-order valence-corrected chi connectivity index (χ1v) is 9.16. The van der Waals surface area contributed by atoms with Crippen LogP contribution < -0.4 is 4.74 Å². The number of esters is 1. The maximum Gasteiger partial charge on any atom is 0.317 e. The highest BCUT2D eigenvalue weighted by molar-refractivity contribution is 6.10. The predicted octanol–water partition coefficient (Wildman–Crippen LogP) is 4.32. The van der Waals surface area contributed by atoms with Crippen LogP contribution in [0.15, 0.2) is 54.6 Å². The van der Waals surface area contributed by atoms with Crippen molar-refractivity contribution in [2.45, 2.75) is 26.2 Å². The number of methoxy groups -OCH3 is 1. The summed E-state index contributed by atoms with van der Waals surface area (Å²) in [5, 5.41) is 0. The molecule has 0 radical (unpaired) electrons. The topological polar surface area (TPSA) is 52.6 Å². The quantitative estimate of drug-likeness (QED) is 0.586. The Morgan fingerprint density at radius 3 is 2.63 bits per heavy atom. The number of carbonyl (C=O) groups is 2. The van der Waals surface area contributed by atoms with Crippen molar-refractivity contribution in [3.8, 4) is 5.75 Å². The van der Waals surface area contributed by atoms with Gasteiger partial charge in [0.1, 0.15) is 11.7 Å². The van der Waals surface area contributed by atoms with Gasteiger partial charge in [-0.25, -0.2) is 0 Å². The molecule has 1 aliphatic carbocycles. The number of ether oxygens (including phenoxy) is 2. The van der Waals surface area contributed by atoms with Crippen LogP contribution in [0.5, 0.6) is 5.75 Å². The van der Waals surface area contributed by atoms with Gasteiger partial charge in [-0.3, -0.25) is 9.59 Å². The van der Waals surface area contributed by atoms with E-state index in [1.165, 1.54) is 0 Å². The molecule has 0 unspecified atom stereocenters. The minimum Gasteiger partial charge on any atom is -0.496 e. The van der Waals surface area contributed by atoms with Gasteiger partial charge >= 0.3 is 5.97 Å². The fourth-order valence-corrected chi connectivity index (χ4v) is 3.69. The number of hydrogen-bond donors (Lipinski definition) is 0. The molecule has 2 aromatic rings. The Labute approximate surface area is 159 Å². The first kappa shape index (κ1) is 18.9. The molecule has 0 fully saturated rings. The third kappa shape index (κ3) is 3.95. The minimum atomic E-state index is -0.852. The van der Waals surface area contributed by atoms with Crippen molar-refractivity contribution in [2.24, 2.45) is 5.92 Å². The third-order valence-corrected chi connectivity index (χ3v) is 4.93. The van der Waals surface area contributed by atoms with E-state index in [0.29, 0.717) is 12.2 Å². The summed E-state index contributed by atoms with van der Waals surface area (Å²) < 4.78 is 10.7. The molecule has 2 aromatic carbocycles. The molecule has 27 heavy (non-hydrogen) atoms. The third-order valence-electron chi connectivity index (χ3n) is 4.93. The van der Waals surface area contributed by atoms with Crippen molar-refractivity contribution in [1.29, 1.82) is 0 Å². The Morgan fingerprint density at radius 1 is 1.15 bits per heavy atom. The highest BCUT2D eigenvalue weighted by atomic mass is 16.5. The Morgan fingerprint density at radius 2 is 1.93 bits per heavy atom. The van der Waals surface area contributed by atoms with Gasteiger partial charge in [0.05, 0.1) is 13.7 Å². The average molecular weight is 364 g/mol. The Balaban J connectivity index is 2.07. The number of benzene rings is 2. The molecule has 0 saturated heterocycles. The normalized spacial score (nSPS) is 19.4. The van der Waals surface area contributed by atoms with Crippen molar-refractivity contribution >= 4 is 17.3 Å². The van der Waals surface area contributed by atoms with Gasteiger partial charge < -0.3 is 9.47 Å². The lowest BCUT2D eigenvalue weighted by Gasteiger charge is -2.30. The number of hydrogen-bond acceptors (Lipinski definition) is 4. The first-order valence-electron chi connectivity index (χ1n) is 9.16. The van der Waals surface area contributed by atoms with Crippen LogP contribution in [0, 0.1) is 12.8 Å². The van der Waals surface area contributed by atoms with Crippen molar-refractivity contribution in [2.75, 3.05) is 13.7 Å². The molecule has 0 aromatic heterocycles. The van der Waals surface area contributed by atoms with Crippen molar-refractivity contribution in [1.82, 2.24) is 0 Å². The molecule has 0 aliphatic heterocycles. The lowest BCUT2D eigenvalue weighted by atomic mass is 9.73. The summed E-state index contributed by atoms with van der Waals surface area (Å²) in [5.41, 5.74) is 3.91. The van der Waals surface area contributed by atoms with Crippen molar-refractivity contribution < 1.29 is 19.1 Å². The van der Waals surface area contributed by atoms with E-state index in [0.717, 1.165) is 22.3 Å². The number of ketones is 1. The predicted molar refractivity (Wildman–Crippen MR) is 105 cm³/mol. The molecule has 3 rings (SSSR count). The zero-order valence-corrected chi connectivity index (χ0v) is 15.9. The molecule has 4 heteroatoms. The van der Waals surface area contributed by atoms with Gasteiger partial charge in [-0.05, 0) is 49.1 Å². The van der Waals surface area contributed by atoms with Crippen molar-refractivity contribution in [3.05, 3.63) is 71.3 Å². The molecule has 0 bridgehead atoms. The fourth-order valence-electron chi connectivity index (χ4n) is 3.69. The van der Waals surface area contributed by atoms with Gasteiger partial charge in [-0.15, -0.1) is 0 Å². The van der Waals surface area contributed by atoms with Gasteiger partial charge in [0.15, 0.2) is 5.78 Å². The summed E-state index contributed by atoms with van der Waals surface area (Å²) in [4.78, 5) is 25.5. The minimum absolute atomic E-state index is 0.216. The molecular weight excluding hydrogens is 340 g/mol. The van der Waals surface area contributed by atoms with E-state index in [1.807, 2.05) is 49.4 Å². The van der Waals surface area contributed by atoms with Gasteiger partial charge in [0, 0.05) is 5.92 Å². The second-order valence-corrected chi connectivity index (χ2v) is 6.72. The summed E-state index contributed by atoms with van der Waals surface area (Å²) >= 11 is 0. The summed E-state index contributed by atoms with van der Waals surface area (Å²) in [5.74, 6) is -1.19. The molecule has 0 spiro atoms. The second-order valence-electron chi connectivity index (χ2n) is 6.72. The van der Waals surface area contributed by atoms with Crippen LogP contribution in [0.1, 0.15) is 36.0 Å². The molecule has 140 valence electrons. The highest BCUT2D eigenvalue weighted by Crippen LogP contribution is 2.43. The smallest absolute Gasteiger partial charge is 0.317 e. The summed E-state index contributed by atoms with van der Waals surface area (Å²) in [6, 6.07) is 15.6. The lowest BCUT2D eigenvalue weighted by Crippen LogP contribution is -2.34. The standard InChI is InChI=1S/C23H24O4/c1-4-27-23(25)22-19(18-10-5-6-11-21(18)26-3)13-17(14-20(22)24)16-9-7-8-15(2)12-16/h5-12,14,19,22H,4,13H2,1-3H3/t19-,22-/m1/s1. The molecular formula is C23H24O4. The van der Waals surface area contributed by atoms with Crippen LogP contribution in [0.4, 0.5) is 0 Å². The maximum atomic E-state index is 12.9. The van der Waals surface area contributed by atoms with Crippen LogP contribution in [-0.2, 0) is 14.3 Å². The van der Waals surface area contributed by atoms with Gasteiger partial charge in [0.25, 0.3) is 0 Å². The first-order chi connectivity index (χ1) is 13.0. The van der Waals surface area contributed by atoms with Gasteiger partial charge in [-0.2, -0.15) is 0 Å². The number of aryl methyl sites for hydroxylation is 1. The van der Waals surface area contributed by atoms with E-state index >= 15 is 0 Å². The largest absolute Gasteiger partial charge is 0.496 e. The number of carbonyl (C=O) groups excluding carboxylic acids is 2. The van der Waals surface area contributed by atoms with E-state index in [9.17, 15) is 9.59 Å². The Bertz CT molecular complexity index is 881. The maximum absolute atomic E-state index is 12.9. The van der Waals surface area contributed by atoms with Crippen LogP contribution in [-0.4, -0.2) is 25.5 Å². The van der Waals surface area contributed by atoms with E-state index in [-0.39, 0.29) is 18.3 Å². The molecule has 1 aliphatic rings. The molecule has 0 N–H and O–H groups in total. The fraction of sp³-hybridized carbons (Fsp3) is 0.304. The van der Waals surface area contributed by atoms with Crippen LogP contribution >= 0.6 is 0 Å². The SMILES string of the molecule is CCOC(=O)[C@H]1C(=O)C=C(c2cccc(C)c2)C[C@@H]1c1ccccc1OC. The molecule has 2 atom stereocenters. The molecule has 0 heterocycles. The lowest BCUT2D eigenvalue weighted by molar-refractivity contribution is -0.151. The summed E-state index contributed by atoms with van der Waals surface area (Å²) in [6.07, 6.45) is 2.17. The highest BCUT2D eigenvalue weighted by Gasteiger charge is 2.40. The van der Waals surface area contributed by atoms with E-state index in [1.54, 1.807) is 20.1 Å². The molecule has 0 saturated carbocycles. The monoisotopic (exact) mass is 364 g/mol. The second kappa shape index (κ2) is 8.21.